The normalized spacial score (nSPS) is 15.9. The molecule has 1 saturated heterocycles. The first-order valence-electron chi connectivity index (χ1n) is 10.1. The van der Waals surface area contributed by atoms with Crippen LogP contribution in [0.15, 0.2) is 57.6 Å². The van der Waals surface area contributed by atoms with Crippen molar-refractivity contribution in [1.29, 1.82) is 0 Å². The van der Waals surface area contributed by atoms with Gasteiger partial charge in [0, 0.05) is 14.9 Å². The lowest BCUT2D eigenvalue weighted by atomic mass is 9.96. The molecule has 1 aliphatic heterocycles. The summed E-state index contributed by atoms with van der Waals surface area (Å²) in [6.45, 7) is 4.30. The molecule has 152 valence electrons. The third kappa shape index (κ3) is 4.65. The Bertz CT molecular complexity index is 944. The number of carbonyl (C=O) groups is 1. The molecule has 4 nitrogen and oxygen atoms in total. The molecular formula is C23H25BrN2O2S. The van der Waals surface area contributed by atoms with E-state index < -0.39 is 0 Å². The summed E-state index contributed by atoms with van der Waals surface area (Å²) in [5.74, 6) is 0.134. The Kier molecular flexibility index (Phi) is 6.53. The highest BCUT2D eigenvalue weighted by molar-refractivity contribution is 9.10. The summed E-state index contributed by atoms with van der Waals surface area (Å²) in [5.41, 5.74) is 2.43. The highest BCUT2D eigenvalue weighted by Crippen LogP contribution is 2.40. The van der Waals surface area contributed by atoms with Crippen LogP contribution in [-0.2, 0) is 6.42 Å². The largest absolute Gasteiger partial charge is 0.459 e. The summed E-state index contributed by atoms with van der Waals surface area (Å²) in [4.78, 5) is 16.5. The van der Waals surface area contributed by atoms with Gasteiger partial charge in [0.05, 0.1) is 12.3 Å². The Morgan fingerprint density at radius 1 is 1.21 bits per heavy atom. The monoisotopic (exact) mass is 472 g/mol. The second-order valence-corrected chi connectivity index (χ2v) is 9.39. The van der Waals surface area contributed by atoms with Crippen LogP contribution in [0.3, 0.4) is 0 Å². The van der Waals surface area contributed by atoms with Gasteiger partial charge in [-0.3, -0.25) is 9.69 Å². The van der Waals surface area contributed by atoms with E-state index >= 15 is 0 Å². The van der Waals surface area contributed by atoms with E-state index in [-0.39, 0.29) is 11.9 Å². The fourth-order valence-electron chi connectivity index (χ4n) is 3.91. The summed E-state index contributed by atoms with van der Waals surface area (Å²) < 4.78 is 6.37. The lowest BCUT2D eigenvalue weighted by molar-refractivity contribution is 0.0996. The highest BCUT2D eigenvalue weighted by atomic mass is 79.9. The average Bonchev–Trinajstić information content (AvgIpc) is 3.41. The minimum absolute atomic E-state index is 0.131. The second kappa shape index (κ2) is 9.28. The van der Waals surface area contributed by atoms with Crippen LogP contribution in [0.4, 0.5) is 5.00 Å². The number of benzene rings is 1. The molecule has 3 heterocycles. The maximum Gasteiger partial charge on any atom is 0.291 e. The molecule has 6 heteroatoms. The third-order valence-electron chi connectivity index (χ3n) is 5.37. The van der Waals surface area contributed by atoms with E-state index in [2.05, 4.69) is 63.4 Å². The number of hydrogen-bond acceptors (Lipinski definition) is 4. The molecule has 0 radical (unpaired) electrons. The maximum absolute atomic E-state index is 12.7. The number of thiophene rings is 1. The van der Waals surface area contributed by atoms with E-state index in [4.69, 9.17) is 4.42 Å². The van der Waals surface area contributed by atoms with Gasteiger partial charge in [0.25, 0.3) is 5.91 Å². The van der Waals surface area contributed by atoms with E-state index in [1.54, 1.807) is 23.5 Å². The molecular weight excluding hydrogens is 448 g/mol. The predicted molar refractivity (Wildman–Crippen MR) is 122 cm³/mol. The van der Waals surface area contributed by atoms with Crippen molar-refractivity contribution < 1.29 is 9.21 Å². The number of nitrogens with zero attached hydrogens (tertiary/aromatic N) is 1. The fourth-order valence-corrected chi connectivity index (χ4v) is 5.20. The predicted octanol–water partition coefficient (Wildman–Crippen LogP) is 6.49. The molecule has 0 saturated carbocycles. The van der Waals surface area contributed by atoms with Crippen LogP contribution in [0.2, 0.25) is 0 Å². The van der Waals surface area contributed by atoms with E-state index in [1.165, 1.54) is 41.5 Å². The van der Waals surface area contributed by atoms with E-state index in [1.807, 2.05) is 0 Å². The molecule has 2 aromatic heterocycles. The molecule has 0 spiro atoms. The molecule has 1 amide bonds. The average molecular weight is 473 g/mol. The van der Waals surface area contributed by atoms with E-state index in [0.717, 1.165) is 29.0 Å². The van der Waals surface area contributed by atoms with Crippen LogP contribution in [0.5, 0.6) is 0 Å². The first-order chi connectivity index (χ1) is 14.2. The first-order valence-corrected chi connectivity index (χ1v) is 11.7. The van der Waals surface area contributed by atoms with Gasteiger partial charge < -0.3 is 9.73 Å². The topological polar surface area (TPSA) is 45.5 Å². The Hall–Kier alpha value is -1.89. The smallest absolute Gasteiger partial charge is 0.291 e. The Morgan fingerprint density at radius 2 is 1.97 bits per heavy atom. The zero-order chi connectivity index (χ0) is 20.2. The Morgan fingerprint density at radius 3 is 2.62 bits per heavy atom. The summed E-state index contributed by atoms with van der Waals surface area (Å²) in [7, 11) is 0. The van der Waals surface area contributed by atoms with Crippen molar-refractivity contribution in [1.82, 2.24) is 4.90 Å². The number of anilines is 1. The number of halogens is 1. The van der Waals surface area contributed by atoms with Crippen molar-refractivity contribution in [2.75, 3.05) is 18.4 Å². The van der Waals surface area contributed by atoms with Crippen LogP contribution in [-0.4, -0.2) is 23.9 Å². The van der Waals surface area contributed by atoms with Gasteiger partial charge in [0.15, 0.2) is 5.76 Å². The molecule has 1 fully saturated rings. The lowest BCUT2D eigenvalue weighted by Gasteiger charge is -2.35. The van der Waals surface area contributed by atoms with E-state index in [9.17, 15) is 4.79 Å². The van der Waals surface area contributed by atoms with Gasteiger partial charge in [-0.05, 0) is 68.2 Å². The molecule has 0 unspecified atom stereocenters. The second-order valence-electron chi connectivity index (χ2n) is 7.33. The fraction of sp³-hybridized carbons (Fsp3) is 0.348. The lowest BCUT2D eigenvalue weighted by Crippen LogP contribution is -2.34. The van der Waals surface area contributed by atoms with Crippen molar-refractivity contribution in [3.05, 3.63) is 75.0 Å². The number of aryl methyl sites for hydroxylation is 1. The highest BCUT2D eigenvalue weighted by Gasteiger charge is 2.28. The molecule has 0 aliphatic carbocycles. The standard InChI is InChI=1S/C23H25BrN2O2S/c1-2-18-15-19(23(29-18)25-22(27)20-7-6-14-28-20)21(26-12-4-3-5-13-26)16-8-10-17(24)11-9-16/h6-11,14-15,21H,2-5,12-13H2,1H3,(H,25,27)/t21-/m0/s1. The molecule has 1 atom stereocenters. The van der Waals surface area contributed by atoms with Crippen molar-refractivity contribution >= 4 is 38.2 Å². The quantitative estimate of drug-likeness (QED) is 0.445. The number of rotatable bonds is 6. The first kappa shape index (κ1) is 20.4. The van der Waals surface area contributed by atoms with Gasteiger partial charge in [0.1, 0.15) is 5.00 Å². The number of piperidine rings is 1. The molecule has 0 bridgehead atoms. The molecule has 29 heavy (non-hydrogen) atoms. The number of furan rings is 1. The minimum Gasteiger partial charge on any atom is -0.459 e. The van der Waals surface area contributed by atoms with Crippen LogP contribution in [0.25, 0.3) is 0 Å². The SMILES string of the molecule is CCc1cc([C@H](c2ccc(Br)cc2)N2CCCCC2)c(NC(=O)c2ccco2)s1. The molecule has 1 aliphatic rings. The van der Waals surface area contributed by atoms with Gasteiger partial charge in [-0.15, -0.1) is 11.3 Å². The number of nitrogens with one attached hydrogen (secondary N) is 1. The van der Waals surface area contributed by atoms with Crippen molar-refractivity contribution in [3.63, 3.8) is 0 Å². The number of likely N-dealkylation sites (tertiary alicyclic amines) is 1. The minimum atomic E-state index is -0.200. The van der Waals surface area contributed by atoms with Crippen LogP contribution in [0.1, 0.15) is 58.8 Å². The van der Waals surface area contributed by atoms with Crippen LogP contribution < -0.4 is 5.32 Å². The Balaban J connectivity index is 1.73. The number of carbonyl (C=O) groups excluding carboxylic acids is 1. The summed E-state index contributed by atoms with van der Waals surface area (Å²) in [6.07, 6.45) is 6.19. The van der Waals surface area contributed by atoms with Gasteiger partial charge in [-0.2, -0.15) is 0 Å². The maximum atomic E-state index is 12.7. The summed E-state index contributed by atoms with van der Waals surface area (Å²) in [5, 5.41) is 4.04. The number of hydrogen-bond donors (Lipinski definition) is 1. The van der Waals surface area contributed by atoms with Crippen LogP contribution in [0, 0.1) is 0 Å². The Labute approximate surface area is 184 Å². The zero-order valence-corrected chi connectivity index (χ0v) is 18.9. The molecule has 1 N–H and O–H groups in total. The van der Waals surface area contributed by atoms with Crippen LogP contribution >= 0.6 is 27.3 Å². The summed E-state index contributed by atoms with van der Waals surface area (Å²) in [6, 6.07) is 14.4. The molecule has 4 rings (SSSR count). The van der Waals surface area contributed by atoms with Crippen molar-refractivity contribution in [2.24, 2.45) is 0 Å². The van der Waals surface area contributed by atoms with Crippen molar-refractivity contribution in [2.45, 2.75) is 38.6 Å². The number of amides is 1. The van der Waals surface area contributed by atoms with Crippen molar-refractivity contribution in [3.8, 4) is 0 Å². The third-order valence-corrected chi connectivity index (χ3v) is 7.11. The summed E-state index contributed by atoms with van der Waals surface area (Å²) >= 11 is 5.22. The molecule has 1 aromatic carbocycles. The van der Waals surface area contributed by atoms with Gasteiger partial charge >= 0.3 is 0 Å². The zero-order valence-electron chi connectivity index (χ0n) is 16.5. The van der Waals surface area contributed by atoms with Gasteiger partial charge in [0.2, 0.25) is 0 Å². The molecule has 3 aromatic rings. The van der Waals surface area contributed by atoms with Gasteiger partial charge in [-0.25, -0.2) is 0 Å². The van der Waals surface area contributed by atoms with Gasteiger partial charge in [-0.1, -0.05) is 41.4 Å². The van der Waals surface area contributed by atoms with E-state index in [0.29, 0.717) is 5.76 Å².